The van der Waals surface area contributed by atoms with Crippen LogP contribution in [0.4, 0.5) is 0 Å². The molecule has 4 nitrogen and oxygen atoms in total. The zero-order valence-electron chi connectivity index (χ0n) is 11.9. The van der Waals surface area contributed by atoms with Crippen LogP contribution in [0, 0.1) is 19.8 Å². The summed E-state index contributed by atoms with van der Waals surface area (Å²) in [5.41, 5.74) is 2.27. The minimum Gasteiger partial charge on any atom is -0.480 e. The topological polar surface area (TPSA) is 66.4 Å². The Labute approximate surface area is 113 Å². The number of aryl methyl sites for hydroxylation is 2. The number of nitrogens with one attached hydrogen (secondary N) is 1. The first-order valence-electron chi connectivity index (χ1n) is 6.48. The molecule has 0 saturated heterocycles. The second-order valence-electron chi connectivity index (χ2n) is 4.94. The average molecular weight is 263 g/mol. The first kappa shape index (κ1) is 15.2. The van der Waals surface area contributed by atoms with E-state index in [-0.39, 0.29) is 11.8 Å². The SMILES string of the molecule is CC[C@H](C)[C@H](NC(=O)c1c(C)cccc1C)C(=O)O. The van der Waals surface area contributed by atoms with E-state index in [1.807, 2.05) is 45.9 Å². The Morgan fingerprint density at radius 3 is 2.21 bits per heavy atom. The first-order chi connectivity index (χ1) is 8.88. The van der Waals surface area contributed by atoms with Crippen molar-refractivity contribution < 1.29 is 14.7 Å². The van der Waals surface area contributed by atoms with Crippen LogP contribution in [-0.4, -0.2) is 23.0 Å². The fourth-order valence-corrected chi connectivity index (χ4v) is 2.07. The molecule has 0 radical (unpaired) electrons. The van der Waals surface area contributed by atoms with Crippen LogP contribution >= 0.6 is 0 Å². The zero-order chi connectivity index (χ0) is 14.6. The number of carboxylic acid groups (broad SMARTS) is 1. The summed E-state index contributed by atoms with van der Waals surface area (Å²) in [5, 5.41) is 11.8. The molecule has 2 N–H and O–H groups in total. The molecular weight excluding hydrogens is 242 g/mol. The highest BCUT2D eigenvalue weighted by molar-refractivity contribution is 5.99. The summed E-state index contributed by atoms with van der Waals surface area (Å²) in [7, 11) is 0. The van der Waals surface area contributed by atoms with E-state index in [4.69, 9.17) is 0 Å². The Balaban J connectivity index is 2.98. The lowest BCUT2D eigenvalue weighted by Crippen LogP contribution is -2.45. The molecule has 2 atom stereocenters. The molecule has 4 heteroatoms. The van der Waals surface area contributed by atoms with E-state index in [0.717, 1.165) is 11.1 Å². The molecule has 1 aromatic rings. The molecule has 0 fully saturated rings. The second kappa shape index (κ2) is 6.36. The molecule has 0 bridgehead atoms. The van der Waals surface area contributed by atoms with Crippen LogP contribution in [0.3, 0.4) is 0 Å². The molecule has 0 aromatic heterocycles. The van der Waals surface area contributed by atoms with Crippen LogP contribution in [0.25, 0.3) is 0 Å². The van der Waals surface area contributed by atoms with Gasteiger partial charge in [0.1, 0.15) is 6.04 Å². The van der Waals surface area contributed by atoms with Crippen molar-refractivity contribution in [1.29, 1.82) is 0 Å². The molecule has 1 rings (SSSR count). The number of amides is 1. The van der Waals surface area contributed by atoms with Crippen LogP contribution in [-0.2, 0) is 4.79 Å². The summed E-state index contributed by atoms with van der Waals surface area (Å²) in [6, 6.07) is 4.73. The molecular formula is C15H21NO3. The Kier molecular flexibility index (Phi) is 5.10. The van der Waals surface area contributed by atoms with Crippen molar-refractivity contribution in [3.63, 3.8) is 0 Å². The van der Waals surface area contributed by atoms with Gasteiger partial charge in [0.05, 0.1) is 0 Å². The molecule has 0 heterocycles. The highest BCUT2D eigenvalue weighted by Gasteiger charge is 2.26. The van der Waals surface area contributed by atoms with E-state index in [2.05, 4.69) is 5.32 Å². The third-order valence-electron chi connectivity index (χ3n) is 3.47. The maximum Gasteiger partial charge on any atom is 0.326 e. The normalized spacial score (nSPS) is 13.7. The van der Waals surface area contributed by atoms with Crippen LogP contribution < -0.4 is 5.32 Å². The monoisotopic (exact) mass is 263 g/mol. The maximum absolute atomic E-state index is 12.2. The minimum absolute atomic E-state index is 0.106. The van der Waals surface area contributed by atoms with Gasteiger partial charge in [0.25, 0.3) is 5.91 Å². The molecule has 1 amide bonds. The predicted molar refractivity (Wildman–Crippen MR) is 74.3 cm³/mol. The lowest BCUT2D eigenvalue weighted by Gasteiger charge is -2.21. The van der Waals surface area contributed by atoms with Gasteiger partial charge in [-0.05, 0) is 30.9 Å². The second-order valence-corrected chi connectivity index (χ2v) is 4.94. The zero-order valence-corrected chi connectivity index (χ0v) is 11.9. The third kappa shape index (κ3) is 3.56. The summed E-state index contributed by atoms with van der Waals surface area (Å²) < 4.78 is 0. The highest BCUT2D eigenvalue weighted by atomic mass is 16.4. The number of aliphatic carboxylic acids is 1. The Morgan fingerprint density at radius 1 is 1.26 bits per heavy atom. The van der Waals surface area contributed by atoms with Gasteiger partial charge < -0.3 is 10.4 Å². The number of carbonyl (C=O) groups excluding carboxylic acids is 1. The number of carbonyl (C=O) groups is 2. The highest BCUT2D eigenvalue weighted by Crippen LogP contribution is 2.15. The van der Waals surface area contributed by atoms with E-state index in [1.165, 1.54) is 0 Å². The van der Waals surface area contributed by atoms with E-state index in [0.29, 0.717) is 12.0 Å². The van der Waals surface area contributed by atoms with Crippen LogP contribution in [0.15, 0.2) is 18.2 Å². The quantitative estimate of drug-likeness (QED) is 0.858. The van der Waals surface area contributed by atoms with Crippen LogP contribution in [0.2, 0.25) is 0 Å². The van der Waals surface area contributed by atoms with Gasteiger partial charge in [0.15, 0.2) is 0 Å². The Bertz CT molecular complexity index is 462. The van der Waals surface area contributed by atoms with E-state index >= 15 is 0 Å². The van der Waals surface area contributed by atoms with Gasteiger partial charge in [-0.2, -0.15) is 0 Å². The largest absolute Gasteiger partial charge is 0.480 e. The van der Waals surface area contributed by atoms with Crippen molar-refractivity contribution >= 4 is 11.9 Å². The van der Waals surface area contributed by atoms with E-state index in [1.54, 1.807) is 0 Å². The molecule has 1 aromatic carbocycles. The van der Waals surface area contributed by atoms with Crippen LogP contribution in [0.5, 0.6) is 0 Å². The van der Waals surface area contributed by atoms with Gasteiger partial charge >= 0.3 is 5.97 Å². The fraction of sp³-hybridized carbons (Fsp3) is 0.467. The van der Waals surface area contributed by atoms with Crippen molar-refractivity contribution in [3.05, 3.63) is 34.9 Å². The number of rotatable bonds is 5. The summed E-state index contributed by atoms with van der Waals surface area (Å²) in [6.07, 6.45) is 0.698. The standard InChI is InChI=1S/C15H21NO3/c1-5-9(2)13(15(18)19)16-14(17)12-10(3)7-6-8-11(12)4/h6-9,13H,5H2,1-4H3,(H,16,17)(H,18,19)/t9-,13-/m0/s1. The first-order valence-corrected chi connectivity index (χ1v) is 6.48. The summed E-state index contributed by atoms with van der Waals surface area (Å²) >= 11 is 0. The van der Waals surface area contributed by atoms with Crippen molar-refractivity contribution in [2.45, 2.75) is 40.2 Å². The number of hydrogen-bond acceptors (Lipinski definition) is 2. The summed E-state index contributed by atoms with van der Waals surface area (Å²) in [6.45, 7) is 7.43. The minimum atomic E-state index is -0.992. The smallest absolute Gasteiger partial charge is 0.326 e. The molecule has 0 aliphatic carbocycles. The van der Waals surface area contributed by atoms with Crippen molar-refractivity contribution in [2.75, 3.05) is 0 Å². The molecule has 0 unspecified atom stereocenters. The average Bonchev–Trinajstić information content (AvgIpc) is 2.34. The number of benzene rings is 1. The Hall–Kier alpha value is -1.84. The number of hydrogen-bond donors (Lipinski definition) is 2. The molecule has 104 valence electrons. The predicted octanol–water partition coefficient (Wildman–Crippen LogP) is 2.53. The van der Waals surface area contributed by atoms with E-state index in [9.17, 15) is 14.7 Å². The number of carboxylic acids is 1. The van der Waals surface area contributed by atoms with Gasteiger partial charge in [0, 0.05) is 5.56 Å². The molecule has 0 saturated carbocycles. The third-order valence-corrected chi connectivity index (χ3v) is 3.47. The van der Waals surface area contributed by atoms with Crippen molar-refractivity contribution in [2.24, 2.45) is 5.92 Å². The lowest BCUT2D eigenvalue weighted by molar-refractivity contribution is -0.140. The van der Waals surface area contributed by atoms with E-state index < -0.39 is 12.0 Å². The van der Waals surface area contributed by atoms with Gasteiger partial charge in [-0.1, -0.05) is 38.5 Å². The van der Waals surface area contributed by atoms with Gasteiger partial charge in [-0.25, -0.2) is 4.79 Å². The Morgan fingerprint density at radius 2 is 1.79 bits per heavy atom. The lowest BCUT2D eigenvalue weighted by atomic mass is 9.97. The van der Waals surface area contributed by atoms with Crippen LogP contribution in [0.1, 0.15) is 41.8 Å². The summed E-state index contributed by atoms with van der Waals surface area (Å²) in [5.74, 6) is -1.41. The van der Waals surface area contributed by atoms with Crippen molar-refractivity contribution in [3.8, 4) is 0 Å². The molecule has 0 aliphatic heterocycles. The van der Waals surface area contributed by atoms with Gasteiger partial charge in [0.2, 0.25) is 0 Å². The molecule has 0 aliphatic rings. The van der Waals surface area contributed by atoms with Gasteiger partial charge in [-0.3, -0.25) is 4.79 Å². The van der Waals surface area contributed by atoms with Crippen molar-refractivity contribution in [1.82, 2.24) is 5.32 Å². The fourth-order valence-electron chi connectivity index (χ4n) is 2.07. The molecule has 0 spiro atoms. The van der Waals surface area contributed by atoms with Gasteiger partial charge in [-0.15, -0.1) is 0 Å². The molecule has 19 heavy (non-hydrogen) atoms. The maximum atomic E-state index is 12.2. The summed E-state index contributed by atoms with van der Waals surface area (Å²) in [4.78, 5) is 23.5.